The Balaban J connectivity index is 2.14. The number of hydrogen-bond donors (Lipinski definition) is 1. The van der Waals surface area contributed by atoms with Gasteiger partial charge in [-0.2, -0.15) is 0 Å². The van der Waals surface area contributed by atoms with E-state index in [1.165, 1.54) is 25.1 Å². The maximum absolute atomic E-state index is 4.39. The summed E-state index contributed by atoms with van der Waals surface area (Å²) in [5.41, 5.74) is 0. The molecule has 0 spiro atoms. The van der Waals surface area contributed by atoms with E-state index in [1.807, 2.05) is 0 Å². The molecule has 1 heterocycles. The highest BCUT2D eigenvalue weighted by Crippen LogP contribution is 2.06. The summed E-state index contributed by atoms with van der Waals surface area (Å²) in [6.07, 6.45) is 4.95. The molecule has 1 aliphatic heterocycles. The van der Waals surface area contributed by atoms with Crippen LogP contribution in [0.4, 0.5) is 0 Å². The van der Waals surface area contributed by atoms with E-state index in [1.54, 1.807) is 0 Å². The normalized spacial score (nSPS) is 23.1. The third kappa shape index (κ3) is 2.52. The van der Waals surface area contributed by atoms with Crippen LogP contribution in [-0.2, 0) is 0 Å². The van der Waals surface area contributed by atoms with Gasteiger partial charge in [0.1, 0.15) is 0 Å². The first-order chi connectivity index (χ1) is 5.36. The third-order valence-corrected chi connectivity index (χ3v) is 2.11. The summed E-state index contributed by atoms with van der Waals surface area (Å²) in [6.45, 7) is 5.38. The Morgan fingerprint density at radius 3 is 2.91 bits per heavy atom. The fraction of sp³-hybridized carbons (Fsp3) is 0.889. The quantitative estimate of drug-likeness (QED) is 0.657. The van der Waals surface area contributed by atoms with E-state index in [0.717, 1.165) is 13.0 Å². The zero-order valence-corrected chi connectivity index (χ0v) is 7.56. The van der Waals surface area contributed by atoms with Gasteiger partial charge in [0.05, 0.1) is 12.4 Å². The van der Waals surface area contributed by atoms with Crippen molar-refractivity contribution in [3.63, 3.8) is 0 Å². The summed E-state index contributed by atoms with van der Waals surface area (Å²) in [6, 6.07) is 0.643. The first kappa shape index (κ1) is 8.57. The zero-order chi connectivity index (χ0) is 8.10. The van der Waals surface area contributed by atoms with Crippen LogP contribution in [0.15, 0.2) is 4.99 Å². The first-order valence-corrected chi connectivity index (χ1v) is 4.66. The van der Waals surface area contributed by atoms with Gasteiger partial charge in [0.25, 0.3) is 0 Å². The second-order valence-corrected chi connectivity index (χ2v) is 3.12. The molecule has 0 saturated heterocycles. The summed E-state index contributed by atoms with van der Waals surface area (Å²) in [5.74, 6) is 1.20. The maximum atomic E-state index is 4.39. The number of hydrogen-bond acceptors (Lipinski definition) is 2. The molecule has 1 N–H and O–H groups in total. The van der Waals surface area contributed by atoms with E-state index >= 15 is 0 Å². The average molecular weight is 154 g/mol. The number of rotatable bonds is 4. The summed E-state index contributed by atoms with van der Waals surface area (Å²) in [7, 11) is 0. The highest BCUT2D eigenvalue weighted by atomic mass is 15.1. The highest BCUT2D eigenvalue weighted by Gasteiger charge is 2.14. The molecule has 0 aliphatic carbocycles. The van der Waals surface area contributed by atoms with Crippen LogP contribution in [-0.4, -0.2) is 18.4 Å². The molecule has 0 bridgehead atoms. The van der Waals surface area contributed by atoms with Gasteiger partial charge in [-0.1, -0.05) is 26.7 Å². The van der Waals surface area contributed by atoms with Crippen molar-refractivity contribution in [2.45, 2.75) is 45.6 Å². The number of nitrogens with one attached hydrogen (secondary N) is 1. The highest BCUT2D eigenvalue weighted by molar-refractivity contribution is 5.83. The van der Waals surface area contributed by atoms with Crippen LogP contribution in [0.2, 0.25) is 0 Å². The molecule has 1 atom stereocenters. The van der Waals surface area contributed by atoms with E-state index in [4.69, 9.17) is 0 Å². The lowest BCUT2D eigenvalue weighted by Crippen LogP contribution is -2.29. The van der Waals surface area contributed by atoms with Crippen LogP contribution in [0.3, 0.4) is 0 Å². The van der Waals surface area contributed by atoms with Crippen molar-refractivity contribution in [2.75, 3.05) is 6.54 Å². The molecule has 1 rings (SSSR count). The molecule has 0 radical (unpaired) electrons. The molecule has 0 saturated carbocycles. The van der Waals surface area contributed by atoms with Crippen molar-refractivity contribution in [3.8, 4) is 0 Å². The van der Waals surface area contributed by atoms with Gasteiger partial charge in [-0.15, -0.1) is 0 Å². The molecule has 2 nitrogen and oxygen atoms in total. The molecule has 1 unspecified atom stereocenters. The first-order valence-electron chi connectivity index (χ1n) is 4.66. The number of unbranched alkanes of at least 4 members (excludes halogenated alkanes) is 1. The molecule has 64 valence electrons. The number of amidine groups is 1. The van der Waals surface area contributed by atoms with Gasteiger partial charge in [0.15, 0.2) is 0 Å². The molecule has 11 heavy (non-hydrogen) atoms. The molecule has 0 aromatic rings. The van der Waals surface area contributed by atoms with Crippen LogP contribution in [0, 0.1) is 0 Å². The predicted octanol–water partition coefficient (Wildman–Crippen LogP) is 1.96. The third-order valence-electron chi connectivity index (χ3n) is 2.11. The van der Waals surface area contributed by atoms with Gasteiger partial charge in [-0.3, -0.25) is 4.99 Å². The van der Waals surface area contributed by atoms with Gasteiger partial charge >= 0.3 is 0 Å². The van der Waals surface area contributed by atoms with Crippen molar-refractivity contribution in [2.24, 2.45) is 4.99 Å². The maximum Gasteiger partial charge on any atom is 0.0963 e. The van der Waals surface area contributed by atoms with E-state index in [0.29, 0.717) is 6.04 Å². The summed E-state index contributed by atoms with van der Waals surface area (Å²) in [4.78, 5) is 4.39. The minimum absolute atomic E-state index is 0.643. The minimum atomic E-state index is 0.643. The topological polar surface area (TPSA) is 24.4 Å². The Hall–Kier alpha value is -0.530. The van der Waals surface area contributed by atoms with Gasteiger partial charge in [0, 0.05) is 12.5 Å². The van der Waals surface area contributed by atoms with Gasteiger partial charge in [0.2, 0.25) is 0 Å². The lowest BCUT2D eigenvalue weighted by molar-refractivity contribution is 0.565. The summed E-state index contributed by atoms with van der Waals surface area (Å²) < 4.78 is 0. The Bertz CT molecular complexity index is 140. The van der Waals surface area contributed by atoms with Crippen molar-refractivity contribution in [3.05, 3.63) is 0 Å². The van der Waals surface area contributed by atoms with Crippen LogP contribution < -0.4 is 5.32 Å². The zero-order valence-electron chi connectivity index (χ0n) is 7.56. The van der Waals surface area contributed by atoms with Crippen LogP contribution in [0.25, 0.3) is 0 Å². The molecule has 0 fully saturated rings. The van der Waals surface area contributed by atoms with E-state index in [2.05, 4.69) is 24.2 Å². The number of nitrogens with zero attached hydrogens (tertiary/aromatic N) is 1. The molecule has 2 heteroatoms. The molecule has 0 amide bonds. The second-order valence-electron chi connectivity index (χ2n) is 3.12. The Kier molecular flexibility index (Phi) is 3.40. The monoisotopic (exact) mass is 154 g/mol. The average Bonchev–Trinajstić information content (AvgIpc) is 2.48. The van der Waals surface area contributed by atoms with Gasteiger partial charge in [-0.25, -0.2) is 0 Å². The summed E-state index contributed by atoms with van der Waals surface area (Å²) >= 11 is 0. The summed E-state index contributed by atoms with van der Waals surface area (Å²) in [5, 5.41) is 3.43. The molecular formula is C9H18N2. The lowest BCUT2D eigenvalue weighted by Gasteiger charge is -2.09. The van der Waals surface area contributed by atoms with Crippen molar-refractivity contribution in [1.82, 2.24) is 5.32 Å². The minimum Gasteiger partial charge on any atom is -0.369 e. The van der Waals surface area contributed by atoms with Crippen molar-refractivity contribution >= 4 is 5.84 Å². The Labute approximate surface area is 69.1 Å². The van der Waals surface area contributed by atoms with Crippen LogP contribution >= 0.6 is 0 Å². The smallest absolute Gasteiger partial charge is 0.0963 e. The Morgan fingerprint density at radius 1 is 1.55 bits per heavy atom. The number of aliphatic imine (C=N–C) groups is 1. The van der Waals surface area contributed by atoms with Gasteiger partial charge < -0.3 is 5.32 Å². The second kappa shape index (κ2) is 4.37. The SMILES string of the molecule is CCCCC1CN=C(CC)N1. The largest absolute Gasteiger partial charge is 0.369 e. The molecular weight excluding hydrogens is 136 g/mol. The van der Waals surface area contributed by atoms with E-state index < -0.39 is 0 Å². The van der Waals surface area contributed by atoms with Crippen LogP contribution in [0.5, 0.6) is 0 Å². The molecule has 1 aliphatic rings. The Morgan fingerprint density at radius 2 is 2.36 bits per heavy atom. The van der Waals surface area contributed by atoms with Crippen molar-refractivity contribution < 1.29 is 0 Å². The predicted molar refractivity (Wildman–Crippen MR) is 49.0 cm³/mol. The van der Waals surface area contributed by atoms with E-state index in [-0.39, 0.29) is 0 Å². The molecule has 0 aromatic heterocycles. The fourth-order valence-electron chi connectivity index (χ4n) is 1.38. The molecule has 0 aromatic carbocycles. The lowest BCUT2D eigenvalue weighted by atomic mass is 10.1. The van der Waals surface area contributed by atoms with Crippen LogP contribution in [0.1, 0.15) is 39.5 Å². The fourth-order valence-corrected chi connectivity index (χ4v) is 1.38. The standard InChI is InChI=1S/C9H18N2/c1-3-5-6-8-7-10-9(4-2)11-8/h8H,3-7H2,1-2H3,(H,10,11). The van der Waals surface area contributed by atoms with Crippen molar-refractivity contribution in [1.29, 1.82) is 0 Å². The van der Waals surface area contributed by atoms with Gasteiger partial charge in [-0.05, 0) is 6.42 Å². The van der Waals surface area contributed by atoms with E-state index in [9.17, 15) is 0 Å².